The van der Waals surface area contributed by atoms with Crippen molar-refractivity contribution in [3.63, 3.8) is 0 Å². The topological polar surface area (TPSA) is 4.93 Å². The largest absolute Gasteiger partial charge is 0.342 e. The van der Waals surface area contributed by atoms with Crippen LogP contribution in [0, 0.1) is 5.92 Å². The first-order valence-electron chi connectivity index (χ1n) is 6.84. The van der Waals surface area contributed by atoms with Gasteiger partial charge in [-0.2, -0.15) is 0 Å². The van der Waals surface area contributed by atoms with Gasteiger partial charge in [-0.1, -0.05) is 49.6 Å². The van der Waals surface area contributed by atoms with E-state index in [9.17, 15) is 0 Å². The highest BCUT2D eigenvalue weighted by molar-refractivity contribution is 5.26. The van der Waals surface area contributed by atoms with E-state index in [0.29, 0.717) is 5.92 Å². The molecule has 0 N–H and O–H groups in total. The molecule has 0 spiro atoms. The monoisotopic (exact) mass is 253 g/mol. The molecule has 0 unspecified atom stereocenters. The zero-order valence-corrected chi connectivity index (χ0v) is 11.8. The van der Waals surface area contributed by atoms with Crippen molar-refractivity contribution >= 4 is 13.2 Å². The normalized spacial score (nSPS) is 16.2. The van der Waals surface area contributed by atoms with E-state index in [2.05, 4.69) is 37.5 Å². The van der Waals surface area contributed by atoms with Crippen molar-refractivity contribution in [3.8, 4) is 0 Å². The summed E-state index contributed by atoms with van der Waals surface area (Å²) < 4.78 is 2.14. The number of nitrogens with zero attached hydrogens (tertiary/aromatic N) is 1. The van der Waals surface area contributed by atoms with E-state index in [-0.39, 0.29) is 0 Å². The zero-order chi connectivity index (χ0) is 14.0. The molecule has 0 aromatic carbocycles. The van der Waals surface area contributed by atoms with Crippen molar-refractivity contribution in [2.24, 2.45) is 5.92 Å². The summed E-state index contributed by atoms with van der Waals surface area (Å²) in [4.78, 5) is 0. The Morgan fingerprint density at radius 1 is 1.05 bits per heavy atom. The van der Waals surface area contributed by atoms with Crippen LogP contribution in [0.3, 0.4) is 0 Å². The molecule has 0 bridgehead atoms. The van der Waals surface area contributed by atoms with Crippen molar-refractivity contribution < 1.29 is 0 Å². The molecule has 2 rings (SSSR count). The molecule has 1 aromatic rings. The van der Waals surface area contributed by atoms with Gasteiger partial charge in [0.25, 0.3) is 0 Å². The Morgan fingerprint density at radius 3 is 2.11 bits per heavy atom. The molecule has 19 heavy (non-hydrogen) atoms. The van der Waals surface area contributed by atoms with Crippen LogP contribution in [0.4, 0.5) is 0 Å². The summed E-state index contributed by atoms with van der Waals surface area (Å²) in [7, 11) is 0. The van der Waals surface area contributed by atoms with Gasteiger partial charge in [-0.05, 0) is 37.8 Å². The molecule has 0 aliphatic heterocycles. The van der Waals surface area contributed by atoms with Crippen molar-refractivity contribution in [1.82, 2.24) is 4.57 Å². The average Bonchev–Trinajstić information content (AvgIpc) is 2.84. The first-order chi connectivity index (χ1) is 8.99. The van der Waals surface area contributed by atoms with Crippen molar-refractivity contribution in [1.29, 1.82) is 0 Å². The fourth-order valence-corrected chi connectivity index (χ4v) is 2.75. The minimum atomic E-state index is 0.454. The Balaban J connectivity index is 1.92. The Morgan fingerprint density at radius 2 is 1.58 bits per heavy atom. The van der Waals surface area contributed by atoms with E-state index < -0.39 is 0 Å². The molecule has 0 atom stereocenters. The summed E-state index contributed by atoms with van der Waals surface area (Å²) in [6.45, 7) is 21.4. The van der Waals surface area contributed by atoms with Crippen LogP contribution in [-0.2, 0) is 6.54 Å². The molecule has 0 radical (unpaired) electrons. The average molecular weight is 253 g/mol. The zero-order valence-electron chi connectivity index (χ0n) is 11.8. The van der Waals surface area contributed by atoms with Crippen LogP contribution in [0.15, 0.2) is 48.6 Å². The quantitative estimate of drug-likeness (QED) is 0.710. The fraction of sp³-hybridized carbons (Fsp3) is 0.333. The van der Waals surface area contributed by atoms with Gasteiger partial charge in [0.05, 0.1) is 0 Å². The van der Waals surface area contributed by atoms with E-state index in [4.69, 9.17) is 0 Å². The van der Waals surface area contributed by atoms with Crippen LogP contribution < -0.4 is 10.7 Å². The highest BCUT2D eigenvalue weighted by Gasteiger charge is 2.23. The molecule has 1 saturated carbocycles. The van der Waals surface area contributed by atoms with E-state index in [1.807, 2.05) is 12.1 Å². The maximum absolute atomic E-state index is 4.21. The third-order valence-electron chi connectivity index (χ3n) is 4.10. The van der Waals surface area contributed by atoms with E-state index in [1.54, 1.807) is 0 Å². The Hall–Kier alpha value is -1.76. The predicted octanol–water partition coefficient (Wildman–Crippen LogP) is 3.17. The van der Waals surface area contributed by atoms with Crippen LogP contribution >= 0.6 is 0 Å². The number of hydrogen-bond acceptors (Lipinski definition) is 0. The van der Waals surface area contributed by atoms with Crippen molar-refractivity contribution in [2.75, 3.05) is 0 Å². The van der Waals surface area contributed by atoms with Crippen molar-refractivity contribution in [3.05, 3.63) is 59.3 Å². The second kappa shape index (κ2) is 5.48. The van der Waals surface area contributed by atoms with Gasteiger partial charge in [0, 0.05) is 23.2 Å². The number of aromatic nitrogens is 1. The first-order valence-corrected chi connectivity index (χ1v) is 6.84. The number of allylic oxidation sites excluding steroid dienone is 3. The number of hydrogen-bond donors (Lipinski definition) is 0. The molecule has 1 aromatic heterocycles. The molecule has 0 saturated heterocycles. The third-order valence-corrected chi connectivity index (χ3v) is 4.10. The van der Waals surface area contributed by atoms with E-state index in [1.165, 1.54) is 16.7 Å². The lowest BCUT2D eigenvalue weighted by Crippen LogP contribution is -2.25. The number of rotatable bonds is 5. The van der Waals surface area contributed by atoms with Crippen LogP contribution in [0.25, 0.3) is 13.2 Å². The summed E-state index contributed by atoms with van der Waals surface area (Å²) >= 11 is 0. The summed E-state index contributed by atoms with van der Waals surface area (Å²) in [5.41, 5.74) is 3.91. The molecule has 0 amide bonds. The molecule has 1 aliphatic carbocycles. The fourth-order valence-electron chi connectivity index (χ4n) is 2.75. The van der Waals surface area contributed by atoms with Gasteiger partial charge in [-0.3, -0.25) is 0 Å². The Bertz CT molecular complexity index is 571. The van der Waals surface area contributed by atoms with Crippen LogP contribution in [0.2, 0.25) is 0 Å². The minimum absolute atomic E-state index is 0.454. The highest BCUT2D eigenvalue weighted by Crippen LogP contribution is 2.38. The van der Waals surface area contributed by atoms with Gasteiger partial charge in [0.15, 0.2) is 0 Å². The molecule has 1 heterocycles. The Labute approximate surface area is 116 Å². The standard InChI is InChI=1S/C18H23N/c1-13(12-18-14(2)6-7-15(18)3)10-11-19-16(4)8-9-17(19)5/h8-9,18H,1-7,10-12H2. The molecule has 100 valence electrons. The highest BCUT2D eigenvalue weighted by atomic mass is 14.9. The molecule has 1 aliphatic rings. The summed E-state index contributed by atoms with van der Waals surface area (Å²) in [5, 5.41) is 2.04. The lowest BCUT2D eigenvalue weighted by atomic mass is 9.92. The van der Waals surface area contributed by atoms with Gasteiger partial charge < -0.3 is 4.57 Å². The van der Waals surface area contributed by atoms with Gasteiger partial charge in [0.2, 0.25) is 0 Å². The molecule has 1 heteroatoms. The predicted molar refractivity (Wildman–Crippen MR) is 84.1 cm³/mol. The van der Waals surface area contributed by atoms with Crippen LogP contribution in [0.1, 0.15) is 25.7 Å². The SMILES string of the molecule is C=C(CCn1c(=C)ccc1=C)CC1C(=C)CCC1=C. The van der Waals surface area contributed by atoms with E-state index in [0.717, 1.165) is 42.9 Å². The lowest BCUT2D eigenvalue weighted by Gasteiger charge is -2.15. The molecule has 1 nitrogen and oxygen atoms in total. The smallest absolute Gasteiger partial charge is 0.0338 e. The van der Waals surface area contributed by atoms with Crippen molar-refractivity contribution in [2.45, 2.75) is 32.2 Å². The van der Waals surface area contributed by atoms with Gasteiger partial charge in [-0.25, -0.2) is 0 Å². The van der Waals surface area contributed by atoms with Gasteiger partial charge in [0.1, 0.15) is 0 Å². The van der Waals surface area contributed by atoms with E-state index >= 15 is 0 Å². The lowest BCUT2D eigenvalue weighted by molar-refractivity contribution is 0.628. The summed E-state index contributed by atoms with van der Waals surface area (Å²) in [6, 6.07) is 4.01. The van der Waals surface area contributed by atoms with Crippen LogP contribution in [-0.4, -0.2) is 4.57 Å². The second-order valence-electron chi connectivity index (χ2n) is 5.54. The minimum Gasteiger partial charge on any atom is -0.342 e. The van der Waals surface area contributed by atoms with Gasteiger partial charge >= 0.3 is 0 Å². The van der Waals surface area contributed by atoms with Gasteiger partial charge in [-0.15, -0.1) is 0 Å². The van der Waals surface area contributed by atoms with Crippen LogP contribution in [0.5, 0.6) is 0 Å². The third kappa shape index (κ3) is 2.98. The molecular weight excluding hydrogens is 230 g/mol. The molecule has 1 fully saturated rings. The Kier molecular flexibility index (Phi) is 3.94. The maximum Gasteiger partial charge on any atom is 0.0338 e. The summed E-state index contributed by atoms with van der Waals surface area (Å²) in [5.74, 6) is 0.454. The first kappa shape index (κ1) is 13.7. The summed E-state index contributed by atoms with van der Waals surface area (Å²) in [6.07, 6.45) is 4.16. The maximum atomic E-state index is 4.21. The molecular formula is C18H23N. The second-order valence-corrected chi connectivity index (χ2v) is 5.54.